The number of carbonyl (C=O) groups excluding carboxylic acids is 1. The molecule has 2 aromatic heterocycles. The highest BCUT2D eigenvalue weighted by Crippen LogP contribution is 2.31. The third-order valence-corrected chi connectivity index (χ3v) is 5.92. The lowest BCUT2D eigenvalue weighted by molar-refractivity contribution is 0.102. The van der Waals surface area contributed by atoms with Gasteiger partial charge in [-0.1, -0.05) is 67.6 Å². The third kappa shape index (κ3) is 4.57. The lowest BCUT2D eigenvalue weighted by Crippen LogP contribution is -2.14. The lowest BCUT2D eigenvalue weighted by Gasteiger charge is -2.12. The molecule has 0 radical (unpaired) electrons. The van der Waals surface area contributed by atoms with Crippen molar-refractivity contribution in [2.45, 2.75) is 36.1 Å². The Morgan fingerprint density at radius 2 is 1.85 bits per heavy atom. The number of amides is 1. The van der Waals surface area contributed by atoms with Crippen LogP contribution in [0, 0.1) is 0 Å². The van der Waals surface area contributed by atoms with Crippen LogP contribution in [0.3, 0.4) is 0 Å². The smallest absolute Gasteiger partial charge is 0.278 e. The van der Waals surface area contributed by atoms with Crippen molar-refractivity contribution in [3.8, 4) is 0 Å². The minimum absolute atomic E-state index is 0.113. The molecule has 0 unspecified atom stereocenters. The van der Waals surface area contributed by atoms with Gasteiger partial charge in [0, 0.05) is 10.3 Å². The molecule has 2 heterocycles. The molecule has 3 rings (SSSR count). The van der Waals surface area contributed by atoms with E-state index in [1.807, 2.05) is 45.0 Å². The molecule has 0 atom stereocenters. The number of hydrogen-bond acceptors (Lipinski definition) is 7. The van der Waals surface area contributed by atoms with Crippen LogP contribution in [0.25, 0.3) is 0 Å². The minimum atomic E-state index is -0.372. The maximum Gasteiger partial charge on any atom is 0.278 e. The van der Waals surface area contributed by atoms with Crippen molar-refractivity contribution in [3.63, 3.8) is 0 Å². The van der Waals surface area contributed by atoms with Crippen molar-refractivity contribution in [3.05, 3.63) is 52.1 Å². The Morgan fingerprint density at radius 3 is 2.46 bits per heavy atom. The standard InChI is InChI=1S/C17H16ClN5OS2/c1-17(2,3)15-22-23-16(26-15)19-14(24)11-8-9-13(21-20-11)25-12-7-5-4-6-10(12)18/h4-9H,1-3H3,(H,19,23,24). The molecule has 0 saturated heterocycles. The summed E-state index contributed by atoms with van der Waals surface area (Å²) in [6.45, 7) is 6.12. The molecule has 1 aromatic carbocycles. The number of carbonyl (C=O) groups is 1. The second-order valence-corrected chi connectivity index (χ2v) is 8.85. The first-order chi connectivity index (χ1) is 12.3. The van der Waals surface area contributed by atoms with Gasteiger partial charge < -0.3 is 0 Å². The van der Waals surface area contributed by atoms with E-state index in [9.17, 15) is 4.79 Å². The van der Waals surface area contributed by atoms with E-state index in [1.165, 1.54) is 23.1 Å². The number of aromatic nitrogens is 4. The van der Waals surface area contributed by atoms with Gasteiger partial charge in [-0.05, 0) is 24.3 Å². The highest BCUT2D eigenvalue weighted by atomic mass is 35.5. The molecule has 0 aliphatic carbocycles. The van der Waals surface area contributed by atoms with Crippen molar-refractivity contribution in [2.75, 3.05) is 5.32 Å². The van der Waals surface area contributed by atoms with Crippen LogP contribution in [0.2, 0.25) is 5.02 Å². The van der Waals surface area contributed by atoms with Gasteiger partial charge in [0.25, 0.3) is 5.91 Å². The molecule has 0 aliphatic heterocycles. The SMILES string of the molecule is CC(C)(C)c1nnc(NC(=O)c2ccc(Sc3ccccc3Cl)nn2)s1. The summed E-state index contributed by atoms with van der Waals surface area (Å²) in [7, 11) is 0. The first-order valence-electron chi connectivity index (χ1n) is 7.74. The molecule has 0 aliphatic rings. The van der Waals surface area contributed by atoms with Gasteiger partial charge in [-0.15, -0.1) is 20.4 Å². The number of rotatable bonds is 4. The van der Waals surface area contributed by atoms with Gasteiger partial charge in [0.05, 0.1) is 5.02 Å². The number of hydrogen-bond donors (Lipinski definition) is 1. The maximum atomic E-state index is 12.3. The summed E-state index contributed by atoms with van der Waals surface area (Å²) in [4.78, 5) is 13.2. The second-order valence-electron chi connectivity index (χ2n) is 6.41. The molecule has 1 N–H and O–H groups in total. The monoisotopic (exact) mass is 405 g/mol. The summed E-state index contributed by atoms with van der Waals surface area (Å²) >= 11 is 8.87. The molecule has 0 fully saturated rings. The van der Waals surface area contributed by atoms with Gasteiger partial charge in [-0.3, -0.25) is 10.1 Å². The molecule has 26 heavy (non-hydrogen) atoms. The lowest BCUT2D eigenvalue weighted by atomic mass is 9.98. The fraction of sp³-hybridized carbons (Fsp3) is 0.235. The Balaban J connectivity index is 1.67. The highest BCUT2D eigenvalue weighted by Gasteiger charge is 2.20. The van der Waals surface area contributed by atoms with Gasteiger partial charge in [0.1, 0.15) is 10.0 Å². The Morgan fingerprint density at radius 1 is 1.08 bits per heavy atom. The van der Waals surface area contributed by atoms with Crippen LogP contribution in [0.15, 0.2) is 46.3 Å². The van der Waals surface area contributed by atoms with E-state index < -0.39 is 0 Å². The van der Waals surface area contributed by atoms with Crippen molar-refractivity contribution >= 4 is 45.7 Å². The molecule has 3 aromatic rings. The number of anilines is 1. The van der Waals surface area contributed by atoms with Gasteiger partial charge in [-0.2, -0.15) is 0 Å². The van der Waals surface area contributed by atoms with E-state index in [0.29, 0.717) is 15.2 Å². The molecule has 0 bridgehead atoms. The first-order valence-corrected chi connectivity index (χ1v) is 9.75. The molecule has 0 saturated carbocycles. The topological polar surface area (TPSA) is 80.7 Å². The van der Waals surface area contributed by atoms with Crippen LogP contribution in [-0.4, -0.2) is 26.3 Å². The largest absolute Gasteiger partial charge is 0.295 e. The van der Waals surface area contributed by atoms with E-state index in [-0.39, 0.29) is 17.0 Å². The molecule has 0 spiro atoms. The van der Waals surface area contributed by atoms with Crippen molar-refractivity contribution in [1.29, 1.82) is 0 Å². The van der Waals surface area contributed by atoms with Crippen LogP contribution < -0.4 is 5.32 Å². The predicted octanol–water partition coefficient (Wildman–Crippen LogP) is 4.68. The quantitative estimate of drug-likeness (QED) is 0.678. The van der Waals surface area contributed by atoms with Crippen LogP contribution in [0.5, 0.6) is 0 Å². The zero-order valence-electron chi connectivity index (χ0n) is 14.4. The van der Waals surface area contributed by atoms with E-state index in [1.54, 1.807) is 12.1 Å². The summed E-state index contributed by atoms with van der Waals surface area (Å²) in [5.41, 5.74) is 0.0962. The second kappa shape index (κ2) is 7.69. The van der Waals surface area contributed by atoms with Crippen LogP contribution in [0.1, 0.15) is 36.3 Å². The van der Waals surface area contributed by atoms with E-state index >= 15 is 0 Å². The highest BCUT2D eigenvalue weighted by molar-refractivity contribution is 7.99. The zero-order valence-corrected chi connectivity index (χ0v) is 16.7. The molecule has 1 amide bonds. The van der Waals surface area contributed by atoms with Crippen LogP contribution in [-0.2, 0) is 5.41 Å². The third-order valence-electron chi connectivity index (χ3n) is 3.21. The van der Waals surface area contributed by atoms with Crippen LogP contribution >= 0.6 is 34.7 Å². The summed E-state index contributed by atoms with van der Waals surface area (Å²) in [5.74, 6) is -0.372. The van der Waals surface area contributed by atoms with Crippen molar-refractivity contribution in [1.82, 2.24) is 20.4 Å². The zero-order chi connectivity index (χ0) is 18.7. The molecule has 9 heteroatoms. The van der Waals surface area contributed by atoms with E-state index in [2.05, 4.69) is 25.7 Å². The number of nitrogens with zero attached hydrogens (tertiary/aromatic N) is 4. The fourth-order valence-electron chi connectivity index (χ4n) is 1.87. The van der Waals surface area contributed by atoms with Gasteiger partial charge in [0.2, 0.25) is 5.13 Å². The summed E-state index contributed by atoms with van der Waals surface area (Å²) in [5, 5.41) is 21.5. The Labute approximate surface area is 164 Å². The average Bonchev–Trinajstić information content (AvgIpc) is 3.06. The molecular formula is C17H16ClN5OS2. The van der Waals surface area contributed by atoms with Crippen molar-refractivity contribution in [2.24, 2.45) is 0 Å². The Kier molecular flexibility index (Phi) is 5.55. The minimum Gasteiger partial charge on any atom is -0.295 e. The number of halogens is 1. The molecular weight excluding hydrogens is 390 g/mol. The van der Waals surface area contributed by atoms with Crippen LogP contribution in [0.4, 0.5) is 5.13 Å². The van der Waals surface area contributed by atoms with E-state index in [0.717, 1.165) is 9.90 Å². The summed E-state index contributed by atoms with van der Waals surface area (Å²) in [6.07, 6.45) is 0. The summed E-state index contributed by atoms with van der Waals surface area (Å²) in [6, 6.07) is 10.8. The van der Waals surface area contributed by atoms with E-state index in [4.69, 9.17) is 11.6 Å². The normalized spacial score (nSPS) is 11.4. The Hall–Kier alpha value is -2.03. The number of nitrogens with one attached hydrogen (secondary N) is 1. The molecule has 6 nitrogen and oxygen atoms in total. The first kappa shape index (κ1) is 18.8. The van der Waals surface area contributed by atoms with Gasteiger partial charge in [0.15, 0.2) is 5.69 Å². The average molecular weight is 406 g/mol. The fourth-order valence-corrected chi connectivity index (χ4v) is 3.68. The maximum absolute atomic E-state index is 12.3. The summed E-state index contributed by atoms with van der Waals surface area (Å²) < 4.78 is 0. The number of benzene rings is 1. The predicted molar refractivity (Wildman–Crippen MR) is 104 cm³/mol. The van der Waals surface area contributed by atoms with Crippen molar-refractivity contribution < 1.29 is 4.79 Å². The molecule has 134 valence electrons. The van der Waals surface area contributed by atoms with Gasteiger partial charge >= 0.3 is 0 Å². The van der Waals surface area contributed by atoms with Gasteiger partial charge in [-0.25, -0.2) is 0 Å². The Bertz CT molecular complexity index is 921.